The largest absolute Gasteiger partial charge is 0.381 e. The molecule has 1 heterocycles. The maximum absolute atomic E-state index is 13.4. The fourth-order valence-electron chi connectivity index (χ4n) is 2.34. The van der Waals surface area contributed by atoms with E-state index in [0.29, 0.717) is 25.3 Å². The van der Waals surface area contributed by atoms with Crippen LogP contribution < -0.4 is 11.1 Å². The minimum atomic E-state index is -0.519. The highest BCUT2D eigenvalue weighted by molar-refractivity contribution is 5.85. The van der Waals surface area contributed by atoms with Gasteiger partial charge < -0.3 is 15.8 Å². The van der Waals surface area contributed by atoms with E-state index in [9.17, 15) is 9.18 Å². The summed E-state index contributed by atoms with van der Waals surface area (Å²) < 4.78 is 18.7. The van der Waals surface area contributed by atoms with Gasteiger partial charge in [0, 0.05) is 19.8 Å². The first kappa shape index (κ1) is 17.9. The molecule has 0 spiro atoms. The van der Waals surface area contributed by atoms with Crippen molar-refractivity contribution >= 4 is 18.3 Å². The summed E-state index contributed by atoms with van der Waals surface area (Å²) in [5.74, 6) is -0.276. The molecule has 0 radical (unpaired) electrons. The molecule has 0 saturated carbocycles. The van der Waals surface area contributed by atoms with Crippen molar-refractivity contribution in [2.45, 2.75) is 32.4 Å². The number of amides is 1. The highest BCUT2D eigenvalue weighted by atomic mass is 35.5. The van der Waals surface area contributed by atoms with Crippen LogP contribution in [0.15, 0.2) is 18.2 Å². The lowest BCUT2D eigenvalue weighted by Gasteiger charge is -2.26. The van der Waals surface area contributed by atoms with Crippen LogP contribution in [0.25, 0.3) is 0 Å². The van der Waals surface area contributed by atoms with Gasteiger partial charge in [0.05, 0.1) is 6.04 Å². The maximum atomic E-state index is 13.4. The van der Waals surface area contributed by atoms with Crippen LogP contribution in [0.3, 0.4) is 0 Å². The number of rotatable bonds is 4. The molecule has 4 nitrogen and oxygen atoms in total. The topological polar surface area (TPSA) is 64.4 Å². The van der Waals surface area contributed by atoms with Gasteiger partial charge >= 0.3 is 0 Å². The number of ether oxygens (including phenoxy) is 1. The first-order valence-electron chi connectivity index (χ1n) is 6.94. The van der Waals surface area contributed by atoms with Crippen molar-refractivity contribution in [1.29, 1.82) is 0 Å². The summed E-state index contributed by atoms with van der Waals surface area (Å²) in [6.07, 6.45) is 1.63. The Bertz CT molecular complexity index is 479. The summed E-state index contributed by atoms with van der Waals surface area (Å²) >= 11 is 0. The van der Waals surface area contributed by atoms with Gasteiger partial charge in [-0.2, -0.15) is 0 Å². The first-order chi connectivity index (χ1) is 9.58. The van der Waals surface area contributed by atoms with Crippen molar-refractivity contribution in [1.82, 2.24) is 5.32 Å². The Hall–Kier alpha value is -1.17. The summed E-state index contributed by atoms with van der Waals surface area (Å²) in [6, 6.07) is 4.43. The third-order valence-corrected chi connectivity index (χ3v) is 3.78. The third-order valence-electron chi connectivity index (χ3n) is 3.78. The second kappa shape index (κ2) is 8.32. The van der Waals surface area contributed by atoms with E-state index in [1.807, 2.05) is 0 Å². The Labute approximate surface area is 130 Å². The highest BCUT2D eigenvalue weighted by Crippen LogP contribution is 2.17. The average molecular weight is 317 g/mol. The summed E-state index contributed by atoms with van der Waals surface area (Å²) in [5.41, 5.74) is 7.30. The summed E-state index contributed by atoms with van der Waals surface area (Å²) in [5, 5.41) is 2.77. The molecule has 1 saturated heterocycles. The van der Waals surface area contributed by atoms with E-state index < -0.39 is 6.04 Å². The molecule has 1 aliphatic rings. The van der Waals surface area contributed by atoms with Crippen LogP contribution in [0.5, 0.6) is 0 Å². The van der Waals surface area contributed by atoms with Crippen LogP contribution >= 0.6 is 12.4 Å². The molecule has 1 aliphatic heterocycles. The van der Waals surface area contributed by atoms with Crippen molar-refractivity contribution in [2.75, 3.05) is 13.2 Å². The minimum Gasteiger partial charge on any atom is -0.381 e. The third kappa shape index (κ3) is 4.95. The predicted molar refractivity (Wildman–Crippen MR) is 81.8 cm³/mol. The van der Waals surface area contributed by atoms with E-state index in [1.54, 1.807) is 19.1 Å². The molecule has 1 aromatic carbocycles. The van der Waals surface area contributed by atoms with Crippen LogP contribution in [-0.4, -0.2) is 25.2 Å². The smallest absolute Gasteiger partial charge is 0.237 e. The number of aryl methyl sites for hydroxylation is 1. The quantitative estimate of drug-likeness (QED) is 0.892. The molecule has 0 aliphatic carbocycles. The van der Waals surface area contributed by atoms with Crippen LogP contribution in [0.1, 0.15) is 24.0 Å². The number of carbonyl (C=O) groups is 1. The first-order valence-corrected chi connectivity index (χ1v) is 6.94. The molecule has 21 heavy (non-hydrogen) atoms. The van der Waals surface area contributed by atoms with E-state index in [-0.39, 0.29) is 30.0 Å². The molecular formula is C15H22ClFN2O2. The SMILES string of the molecule is Cc1ccc(CNC(=O)C(N)C2CCOCC2)cc1F.Cl. The van der Waals surface area contributed by atoms with E-state index in [0.717, 1.165) is 18.4 Å². The zero-order chi connectivity index (χ0) is 14.5. The number of benzene rings is 1. The molecule has 6 heteroatoms. The minimum absolute atomic E-state index is 0. The normalized spacial score (nSPS) is 16.9. The van der Waals surface area contributed by atoms with Gasteiger partial charge in [-0.15, -0.1) is 12.4 Å². The summed E-state index contributed by atoms with van der Waals surface area (Å²) in [6.45, 7) is 3.33. The van der Waals surface area contributed by atoms with Crippen molar-refractivity contribution in [3.63, 3.8) is 0 Å². The molecule has 1 atom stereocenters. The monoisotopic (exact) mass is 316 g/mol. The number of hydrogen-bond donors (Lipinski definition) is 2. The van der Waals surface area contributed by atoms with Crippen molar-refractivity contribution < 1.29 is 13.9 Å². The average Bonchev–Trinajstić information content (AvgIpc) is 2.48. The molecule has 2 rings (SSSR count). The predicted octanol–water partition coefficient (Wildman–Crippen LogP) is 1.93. The van der Waals surface area contributed by atoms with Crippen LogP contribution in [0.4, 0.5) is 4.39 Å². The Balaban J connectivity index is 0.00000220. The molecule has 0 bridgehead atoms. The van der Waals surface area contributed by atoms with Gasteiger partial charge in [-0.3, -0.25) is 4.79 Å². The van der Waals surface area contributed by atoms with Gasteiger partial charge in [-0.25, -0.2) is 4.39 Å². The number of hydrogen-bond acceptors (Lipinski definition) is 3. The second-order valence-corrected chi connectivity index (χ2v) is 5.28. The molecule has 3 N–H and O–H groups in total. The van der Waals surface area contributed by atoms with Crippen LogP contribution in [0.2, 0.25) is 0 Å². The molecule has 1 aromatic rings. The fraction of sp³-hybridized carbons (Fsp3) is 0.533. The highest BCUT2D eigenvalue weighted by Gasteiger charge is 2.26. The van der Waals surface area contributed by atoms with Crippen molar-refractivity contribution in [3.05, 3.63) is 35.1 Å². The number of carbonyl (C=O) groups excluding carboxylic acids is 1. The van der Waals surface area contributed by atoms with E-state index in [4.69, 9.17) is 10.5 Å². The van der Waals surface area contributed by atoms with Gasteiger partial charge in [0.15, 0.2) is 0 Å². The van der Waals surface area contributed by atoms with E-state index >= 15 is 0 Å². The number of halogens is 2. The van der Waals surface area contributed by atoms with E-state index in [2.05, 4.69) is 5.32 Å². The molecule has 1 amide bonds. The molecule has 118 valence electrons. The van der Waals surface area contributed by atoms with Gasteiger partial charge in [0.1, 0.15) is 5.82 Å². The van der Waals surface area contributed by atoms with Crippen molar-refractivity contribution in [2.24, 2.45) is 11.7 Å². The summed E-state index contributed by atoms with van der Waals surface area (Å²) in [4.78, 5) is 12.0. The summed E-state index contributed by atoms with van der Waals surface area (Å²) in [7, 11) is 0. The Morgan fingerprint density at radius 1 is 1.48 bits per heavy atom. The zero-order valence-corrected chi connectivity index (χ0v) is 12.9. The molecular weight excluding hydrogens is 295 g/mol. The fourth-order valence-corrected chi connectivity index (χ4v) is 2.34. The standard InChI is InChI=1S/C15H21FN2O2.ClH/c1-10-2-3-11(8-13(10)16)9-18-15(19)14(17)12-4-6-20-7-5-12;/h2-3,8,12,14H,4-7,9,17H2,1H3,(H,18,19);1H. The number of nitrogens with two attached hydrogens (primary N) is 1. The Morgan fingerprint density at radius 2 is 2.14 bits per heavy atom. The van der Waals surface area contributed by atoms with Gasteiger partial charge in [-0.05, 0) is 42.9 Å². The lowest BCUT2D eigenvalue weighted by atomic mass is 9.92. The lowest BCUT2D eigenvalue weighted by molar-refractivity contribution is -0.124. The number of nitrogens with one attached hydrogen (secondary N) is 1. The second-order valence-electron chi connectivity index (χ2n) is 5.28. The van der Waals surface area contributed by atoms with Gasteiger partial charge in [-0.1, -0.05) is 12.1 Å². The van der Waals surface area contributed by atoms with Crippen LogP contribution in [0, 0.1) is 18.7 Å². The van der Waals surface area contributed by atoms with E-state index in [1.165, 1.54) is 6.07 Å². The maximum Gasteiger partial charge on any atom is 0.237 e. The molecule has 1 fully saturated rings. The van der Waals surface area contributed by atoms with Crippen molar-refractivity contribution in [3.8, 4) is 0 Å². The van der Waals surface area contributed by atoms with Gasteiger partial charge in [0.25, 0.3) is 0 Å². The zero-order valence-electron chi connectivity index (χ0n) is 12.1. The van der Waals surface area contributed by atoms with Crippen LogP contribution in [-0.2, 0) is 16.1 Å². The Morgan fingerprint density at radius 3 is 2.76 bits per heavy atom. The molecule has 1 unspecified atom stereocenters. The lowest BCUT2D eigenvalue weighted by Crippen LogP contribution is -2.46. The molecule has 0 aromatic heterocycles. The Kier molecular flexibility index (Phi) is 7.08. The van der Waals surface area contributed by atoms with Gasteiger partial charge in [0.2, 0.25) is 5.91 Å².